The van der Waals surface area contributed by atoms with Crippen LogP contribution in [0.5, 0.6) is 0 Å². The van der Waals surface area contributed by atoms with E-state index < -0.39 is 17.3 Å². The van der Waals surface area contributed by atoms with Crippen LogP contribution in [0, 0.1) is 5.82 Å². The average molecular weight is 830 g/mol. The number of imide groups is 1. The third kappa shape index (κ3) is 8.94. The Bertz CT molecular complexity index is 2400. The van der Waals surface area contributed by atoms with Crippen molar-refractivity contribution in [2.75, 3.05) is 56.0 Å². The number of hydrogen-bond donors (Lipinski definition) is 3. The van der Waals surface area contributed by atoms with Gasteiger partial charge in [-0.25, -0.2) is 19.2 Å². The Morgan fingerprint density at radius 3 is 2.39 bits per heavy atom. The molecule has 2 aromatic heterocycles. The zero-order valence-corrected chi connectivity index (χ0v) is 34.4. The van der Waals surface area contributed by atoms with E-state index in [0.29, 0.717) is 75.4 Å². The van der Waals surface area contributed by atoms with Crippen molar-refractivity contribution in [1.29, 1.82) is 0 Å². The Hall–Kier alpha value is -5.93. The molecular weight excluding hydrogens is 778 g/mol. The highest BCUT2D eigenvalue weighted by molar-refractivity contribution is 6.02. The van der Waals surface area contributed by atoms with Crippen LogP contribution in [0.4, 0.5) is 20.8 Å². The van der Waals surface area contributed by atoms with Gasteiger partial charge in [0.15, 0.2) is 5.82 Å². The molecule has 9 rings (SSSR count). The highest BCUT2D eigenvalue weighted by atomic mass is 19.1. The first-order valence-corrected chi connectivity index (χ1v) is 21.5. The van der Waals surface area contributed by atoms with Crippen LogP contribution in [0.25, 0.3) is 33.3 Å². The first-order valence-electron chi connectivity index (χ1n) is 21.5. The van der Waals surface area contributed by atoms with Crippen LogP contribution in [-0.4, -0.2) is 116 Å². The van der Waals surface area contributed by atoms with Crippen LogP contribution >= 0.6 is 0 Å². The molecule has 5 aromatic rings. The van der Waals surface area contributed by atoms with E-state index in [1.165, 1.54) is 6.20 Å². The molecular formula is C46H52FN9O5. The van der Waals surface area contributed by atoms with E-state index in [0.717, 1.165) is 66.7 Å². The highest BCUT2D eigenvalue weighted by Gasteiger charge is 2.38. The number of nitrogens with zero attached hydrogens (tertiary/aromatic N) is 7. The van der Waals surface area contributed by atoms with Gasteiger partial charge in [0, 0.05) is 82.0 Å². The summed E-state index contributed by atoms with van der Waals surface area (Å²) in [5.41, 5.74) is 4.80. The minimum atomic E-state index is -0.879. The number of rotatable bonds is 9. The second kappa shape index (κ2) is 17.2. The van der Waals surface area contributed by atoms with Gasteiger partial charge in [0.1, 0.15) is 11.8 Å². The lowest BCUT2D eigenvalue weighted by Crippen LogP contribution is -2.56. The van der Waals surface area contributed by atoms with Crippen LogP contribution in [0.15, 0.2) is 79.0 Å². The number of carbonyl (C=O) groups is 3. The maximum atomic E-state index is 15.0. The summed E-state index contributed by atoms with van der Waals surface area (Å²) in [6.45, 7) is 4.64. The summed E-state index contributed by atoms with van der Waals surface area (Å²) in [7, 11) is 1.88. The van der Waals surface area contributed by atoms with E-state index >= 15 is 0 Å². The molecule has 1 unspecified atom stereocenters. The van der Waals surface area contributed by atoms with E-state index in [9.17, 15) is 23.9 Å². The quantitative estimate of drug-likeness (QED) is 0.153. The standard InChI is InChI=1S/C46H52FN9O5/c1-53-39-27-34(12-15-36(39)42(52-53)37-16-17-40(57)50-43(37)58)55-24-22-54(23-25-55)29-46(60)18-20-56(21-19-46)45(59)61-35-13-10-33(11-14-35)49-44-48-28-38(47)41(51-44)32-9-5-8-31(26-32)30-6-3-2-4-7-30/h2-9,12,15,26-28,33,35,37,60H,10-11,13-14,16-25,29H2,1H3,(H,48,49,51)(H,50,57,58). The Morgan fingerprint density at radius 1 is 0.902 bits per heavy atom. The molecule has 1 saturated carbocycles. The van der Waals surface area contributed by atoms with E-state index in [-0.39, 0.29) is 35.7 Å². The van der Waals surface area contributed by atoms with E-state index in [1.807, 2.05) is 72.4 Å². The molecule has 3 saturated heterocycles. The van der Waals surface area contributed by atoms with Gasteiger partial charge in [-0.05, 0) is 80.3 Å². The number of ether oxygens (including phenoxy) is 1. The molecule has 0 spiro atoms. The van der Waals surface area contributed by atoms with Gasteiger partial charge >= 0.3 is 6.09 Å². The monoisotopic (exact) mass is 829 g/mol. The smallest absolute Gasteiger partial charge is 0.410 e. The SMILES string of the molecule is Cn1nc(C2CCC(=O)NC2=O)c2ccc(N3CCN(CC4(O)CCN(C(=O)OC5CCC(Nc6ncc(F)c(-c7cccc(-c8ccccc8)c7)n6)CC5)CC4)CC3)cc21. The minimum Gasteiger partial charge on any atom is -0.446 e. The fraction of sp³-hybridized carbons (Fsp3) is 0.435. The molecule has 318 valence electrons. The number of hydrogen-bond acceptors (Lipinski definition) is 11. The average Bonchev–Trinajstić information content (AvgIpc) is 3.60. The van der Waals surface area contributed by atoms with Crippen molar-refractivity contribution >= 4 is 40.4 Å². The molecule has 4 aliphatic rings. The number of carbonyl (C=O) groups excluding carboxylic acids is 3. The van der Waals surface area contributed by atoms with Crippen LogP contribution in [0.3, 0.4) is 0 Å². The first kappa shape index (κ1) is 40.5. The zero-order valence-electron chi connectivity index (χ0n) is 34.4. The van der Waals surface area contributed by atoms with Gasteiger partial charge in [-0.2, -0.15) is 5.10 Å². The molecule has 3 aliphatic heterocycles. The van der Waals surface area contributed by atoms with Crippen LogP contribution in [-0.2, 0) is 21.4 Å². The van der Waals surface area contributed by atoms with Crippen molar-refractivity contribution in [3.63, 3.8) is 0 Å². The number of likely N-dealkylation sites (tertiary alicyclic amines) is 1. The number of aromatic nitrogens is 4. The Morgan fingerprint density at radius 2 is 1.64 bits per heavy atom. The van der Waals surface area contributed by atoms with E-state index in [1.54, 1.807) is 4.90 Å². The van der Waals surface area contributed by atoms with Crippen molar-refractivity contribution < 1.29 is 28.6 Å². The molecule has 15 heteroatoms. The highest BCUT2D eigenvalue weighted by Crippen LogP contribution is 2.34. The number of nitrogens with one attached hydrogen (secondary N) is 2. The zero-order chi connectivity index (χ0) is 42.1. The van der Waals surface area contributed by atoms with Gasteiger partial charge in [0.2, 0.25) is 17.8 Å². The number of halogens is 1. The molecule has 61 heavy (non-hydrogen) atoms. The predicted octanol–water partition coefficient (Wildman–Crippen LogP) is 5.87. The maximum Gasteiger partial charge on any atom is 0.410 e. The lowest BCUT2D eigenvalue weighted by atomic mass is 9.90. The molecule has 5 heterocycles. The summed E-state index contributed by atoms with van der Waals surface area (Å²) in [6, 6.07) is 23.9. The molecule has 1 atom stereocenters. The number of aliphatic hydroxyl groups is 1. The van der Waals surface area contributed by atoms with Crippen molar-refractivity contribution in [1.82, 2.24) is 34.9 Å². The number of β-amino-alcohol motifs (C(OH)–C–C–N with tert-alkyl or cyclic N) is 1. The van der Waals surface area contributed by atoms with Gasteiger partial charge in [-0.1, -0.05) is 48.5 Å². The van der Waals surface area contributed by atoms with Crippen LogP contribution in [0.1, 0.15) is 63.0 Å². The number of aryl methyl sites for hydroxylation is 1. The predicted molar refractivity (Wildman–Crippen MR) is 229 cm³/mol. The third-order valence-corrected chi connectivity index (χ3v) is 12.9. The van der Waals surface area contributed by atoms with Gasteiger partial charge in [-0.15, -0.1) is 0 Å². The number of amides is 3. The molecule has 3 amide bonds. The van der Waals surface area contributed by atoms with Gasteiger partial charge < -0.3 is 25.0 Å². The van der Waals surface area contributed by atoms with Crippen molar-refractivity contribution in [2.24, 2.45) is 7.05 Å². The molecule has 0 radical (unpaired) electrons. The fourth-order valence-corrected chi connectivity index (χ4v) is 9.37. The Kier molecular flexibility index (Phi) is 11.4. The molecule has 3 aromatic carbocycles. The lowest BCUT2D eigenvalue weighted by molar-refractivity contribution is -0.134. The molecule has 1 aliphatic carbocycles. The van der Waals surface area contributed by atoms with Gasteiger partial charge in [0.05, 0.1) is 28.9 Å². The summed E-state index contributed by atoms with van der Waals surface area (Å²) in [5.74, 6) is -1.08. The largest absolute Gasteiger partial charge is 0.446 e. The van der Waals surface area contributed by atoms with E-state index in [2.05, 4.69) is 47.6 Å². The second-order valence-electron chi connectivity index (χ2n) is 17.0. The number of anilines is 2. The lowest BCUT2D eigenvalue weighted by Gasteiger charge is -2.43. The topological polar surface area (TPSA) is 158 Å². The fourth-order valence-electron chi connectivity index (χ4n) is 9.37. The summed E-state index contributed by atoms with van der Waals surface area (Å²) >= 11 is 0. The van der Waals surface area contributed by atoms with Crippen molar-refractivity contribution in [3.8, 4) is 22.4 Å². The van der Waals surface area contributed by atoms with E-state index in [4.69, 9.17) is 4.74 Å². The normalized spacial score (nSPS) is 22.2. The number of piperazine rings is 1. The summed E-state index contributed by atoms with van der Waals surface area (Å²) in [5, 5.41) is 23.0. The summed E-state index contributed by atoms with van der Waals surface area (Å²) in [4.78, 5) is 52.6. The number of benzene rings is 3. The minimum absolute atomic E-state index is 0.0700. The van der Waals surface area contributed by atoms with Crippen LogP contribution in [0.2, 0.25) is 0 Å². The first-order chi connectivity index (χ1) is 29.6. The van der Waals surface area contributed by atoms with Gasteiger partial charge in [0.25, 0.3) is 0 Å². The number of piperidine rings is 2. The number of fused-ring (bicyclic) bond motifs is 1. The maximum absolute atomic E-state index is 15.0. The molecule has 3 N–H and O–H groups in total. The Labute approximate surface area is 354 Å². The van der Waals surface area contributed by atoms with Crippen molar-refractivity contribution in [3.05, 3.63) is 90.5 Å². The van der Waals surface area contributed by atoms with Crippen molar-refractivity contribution in [2.45, 2.75) is 75.0 Å². The summed E-state index contributed by atoms with van der Waals surface area (Å²) in [6.07, 6.45) is 5.34. The second-order valence-corrected chi connectivity index (χ2v) is 17.0. The Balaban J connectivity index is 0.713. The molecule has 0 bridgehead atoms. The third-order valence-electron chi connectivity index (χ3n) is 12.9. The van der Waals surface area contributed by atoms with Gasteiger partial charge in [-0.3, -0.25) is 24.5 Å². The molecule has 14 nitrogen and oxygen atoms in total. The van der Waals surface area contributed by atoms with Crippen LogP contribution < -0.4 is 15.5 Å². The molecule has 4 fully saturated rings. The summed E-state index contributed by atoms with van der Waals surface area (Å²) < 4.78 is 22.7.